The largest absolute Gasteiger partial charge is 0.497 e. The number of nitrogens with zero attached hydrogens (tertiary/aromatic N) is 3. The van der Waals surface area contributed by atoms with Crippen LogP contribution in [0.15, 0.2) is 72.1 Å². The maximum absolute atomic E-state index is 13.3. The number of pyridine rings is 1. The van der Waals surface area contributed by atoms with Crippen molar-refractivity contribution in [2.75, 3.05) is 19.5 Å². The van der Waals surface area contributed by atoms with Crippen molar-refractivity contribution in [2.45, 2.75) is 30.3 Å². The van der Waals surface area contributed by atoms with Gasteiger partial charge in [0, 0.05) is 23.7 Å². The first-order chi connectivity index (χ1) is 16.1. The Morgan fingerprint density at radius 2 is 1.88 bits per heavy atom. The Labute approximate surface area is 197 Å². The zero-order valence-corrected chi connectivity index (χ0v) is 19.6. The van der Waals surface area contributed by atoms with Gasteiger partial charge < -0.3 is 19.4 Å². The van der Waals surface area contributed by atoms with Gasteiger partial charge in [0.2, 0.25) is 5.91 Å². The Morgan fingerprint density at radius 3 is 2.61 bits per heavy atom. The van der Waals surface area contributed by atoms with E-state index in [2.05, 4.69) is 10.3 Å². The second kappa shape index (κ2) is 10.4. The number of carbonyl (C=O) groups is 1. The van der Waals surface area contributed by atoms with Crippen LogP contribution in [0.1, 0.15) is 24.9 Å². The number of ether oxygens (including phenoxy) is 2. The number of rotatable bonds is 9. The van der Waals surface area contributed by atoms with Crippen molar-refractivity contribution in [1.82, 2.24) is 14.5 Å². The van der Waals surface area contributed by atoms with Gasteiger partial charge in [-0.3, -0.25) is 9.78 Å². The van der Waals surface area contributed by atoms with E-state index in [0.717, 1.165) is 27.5 Å². The van der Waals surface area contributed by atoms with E-state index in [-0.39, 0.29) is 5.91 Å². The van der Waals surface area contributed by atoms with Crippen LogP contribution in [0.2, 0.25) is 0 Å². The summed E-state index contributed by atoms with van der Waals surface area (Å²) in [5, 5.41) is 3.80. The van der Waals surface area contributed by atoms with Crippen LogP contribution in [0.3, 0.4) is 0 Å². The molecule has 2 heterocycles. The number of thioether (sulfide) groups is 1. The van der Waals surface area contributed by atoms with Crippen LogP contribution in [0, 0.1) is 0 Å². The third-order valence-electron chi connectivity index (χ3n) is 5.32. The van der Waals surface area contributed by atoms with Gasteiger partial charge in [0.05, 0.1) is 31.4 Å². The van der Waals surface area contributed by atoms with E-state index in [9.17, 15) is 4.79 Å². The molecule has 2 aromatic heterocycles. The normalized spacial score (nSPS) is 11.8. The average molecular weight is 463 g/mol. The predicted molar refractivity (Wildman–Crippen MR) is 131 cm³/mol. The van der Waals surface area contributed by atoms with Gasteiger partial charge in [-0.1, -0.05) is 36.9 Å². The fourth-order valence-corrected chi connectivity index (χ4v) is 4.62. The van der Waals surface area contributed by atoms with Crippen molar-refractivity contribution in [2.24, 2.45) is 0 Å². The number of nitrogens with one attached hydrogen (secondary N) is 1. The van der Waals surface area contributed by atoms with Crippen molar-refractivity contribution in [1.29, 1.82) is 0 Å². The van der Waals surface area contributed by atoms with Crippen molar-refractivity contribution in [3.05, 3.63) is 72.6 Å². The molecule has 4 rings (SSSR count). The summed E-state index contributed by atoms with van der Waals surface area (Å²) >= 11 is 1.60. The minimum atomic E-state index is -0.441. The highest BCUT2D eigenvalue weighted by Gasteiger charge is 2.25. The SMILES string of the molecule is CC[C@@H](C(=O)Nc1cccc(OC)c1)n1c(SCc2ccc(OC)cc2)nc2ccncc21. The van der Waals surface area contributed by atoms with Crippen LogP contribution >= 0.6 is 11.8 Å². The minimum Gasteiger partial charge on any atom is -0.497 e. The fourth-order valence-electron chi connectivity index (χ4n) is 3.60. The molecule has 0 saturated heterocycles. The van der Waals surface area contributed by atoms with Crippen LogP contribution in [-0.4, -0.2) is 34.7 Å². The van der Waals surface area contributed by atoms with Gasteiger partial charge in [0.1, 0.15) is 17.5 Å². The second-order valence-electron chi connectivity index (χ2n) is 7.41. The quantitative estimate of drug-likeness (QED) is 0.339. The zero-order valence-electron chi connectivity index (χ0n) is 18.8. The average Bonchev–Trinajstić information content (AvgIpc) is 3.22. The standard InChI is InChI=1S/C25H26N4O3S/c1-4-22(24(30)27-18-6-5-7-20(14-18)32-3)29-23-15-26-13-12-21(23)28-25(29)33-16-17-8-10-19(31-2)11-9-17/h5-15,22H,4,16H2,1-3H3,(H,27,30)/t22-/m0/s1. The van der Waals surface area contributed by atoms with Crippen LogP contribution in [-0.2, 0) is 10.5 Å². The predicted octanol–water partition coefficient (Wildman–Crippen LogP) is 5.33. The molecular formula is C25H26N4O3S. The monoisotopic (exact) mass is 462 g/mol. The summed E-state index contributed by atoms with van der Waals surface area (Å²) in [5.74, 6) is 2.12. The van der Waals surface area contributed by atoms with Gasteiger partial charge in [-0.05, 0) is 42.3 Å². The molecule has 1 N–H and O–H groups in total. The summed E-state index contributed by atoms with van der Waals surface area (Å²) in [6, 6.07) is 16.7. The zero-order chi connectivity index (χ0) is 23.2. The number of aromatic nitrogens is 3. The molecule has 0 bridgehead atoms. The van der Waals surface area contributed by atoms with Crippen molar-refractivity contribution in [3.63, 3.8) is 0 Å². The summed E-state index contributed by atoms with van der Waals surface area (Å²) in [6.45, 7) is 2.00. The van der Waals surface area contributed by atoms with Gasteiger partial charge in [0.15, 0.2) is 5.16 Å². The molecule has 7 nitrogen and oxygen atoms in total. The molecular weight excluding hydrogens is 436 g/mol. The Bertz CT molecular complexity index is 1240. The number of methoxy groups -OCH3 is 2. The molecule has 8 heteroatoms. The number of carbonyl (C=O) groups excluding carboxylic acids is 1. The van der Waals surface area contributed by atoms with E-state index < -0.39 is 6.04 Å². The topological polar surface area (TPSA) is 78.3 Å². The van der Waals surface area contributed by atoms with Gasteiger partial charge in [-0.25, -0.2) is 4.98 Å². The maximum Gasteiger partial charge on any atom is 0.247 e. The van der Waals surface area contributed by atoms with E-state index in [0.29, 0.717) is 23.6 Å². The Kier molecular flexibility index (Phi) is 7.14. The summed E-state index contributed by atoms with van der Waals surface area (Å²) in [4.78, 5) is 22.4. The minimum absolute atomic E-state index is 0.111. The van der Waals surface area contributed by atoms with Crippen molar-refractivity contribution >= 4 is 34.4 Å². The van der Waals surface area contributed by atoms with Crippen LogP contribution in [0.4, 0.5) is 5.69 Å². The number of amides is 1. The molecule has 0 aliphatic carbocycles. The molecule has 0 spiro atoms. The van der Waals surface area contributed by atoms with Gasteiger partial charge in [-0.15, -0.1) is 0 Å². The molecule has 0 radical (unpaired) electrons. The Morgan fingerprint density at radius 1 is 1.09 bits per heavy atom. The molecule has 33 heavy (non-hydrogen) atoms. The van der Waals surface area contributed by atoms with E-state index >= 15 is 0 Å². The van der Waals surface area contributed by atoms with Crippen LogP contribution in [0.5, 0.6) is 11.5 Å². The molecule has 0 unspecified atom stereocenters. The van der Waals surface area contributed by atoms with E-state index in [1.54, 1.807) is 44.4 Å². The third kappa shape index (κ3) is 5.12. The molecule has 1 amide bonds. The van der Waals surface area contributed by atoms with Gasteiger partial charge >= 0.3 is 0 Å². The lowest BCUT2D eigenvalue weighted by atomic mass is 10.2. The molecule has 1 atom stereocenters. The number of hydrogen-bond acceptors (Lipinski definition) is 6. The fraction of sp³-hybridized carbons (Fsp3) is 0.240. The Hall–Kier alpha value is -3.52. The highest BCUT2D eigenvalue weighted by Crippen LogP contribution is 2.32. The van der Waals surface area contributed by atoms with Crippen LogP contribution < -0.4 is 14.8 Å². The molecule has 170 valence electrons. The lowest BCUT2D eigenvalue weighted by Gasteiger charge is -2.20. The summed E-state index contributed by atoms with van der Waals surface area (Å²) < 4.78 is 12.5. The van der Waals surface area contributed by atoms with Gasteiger partial charge in [-0.2, -0.15) is 0 Å². The lowest BCUT2D eigenvalue weighted by molar-refractivity contribution is -0.119. The van der Waals surface area contributed by atoms with Crippen molar-refractivity contribution < 1.29 is 14.3 Å². The number of imidazole rings is 1. The molecule has 2 aromatic carbocycles. The first kappa shape index (κ1) is 22.7. The third-order valence-corrected chi connectivity index (χ3v) is 6.35. The maximum atomic E-state index is 13.3. The molecule has 0 aliphatic rings. The van der Waals surface area contributed by atoms with Crippen molar-refractivity contribution in [3.8, 4) is 11.5 Å². The van der Waals surface area contributed by atoms with E-state index in [1.807, 2.05) is 60.0 Å². The number of anilines is 1. The summed E-state index contributed by atoms with van der Waals surface area (Å²) in [7, 11) is 3.26. The lowest BCUT2D eigenvalue weighted by Crippen LogP contribution is -2.26. The number of benzene rings is 2. The highest BCUT2D eigenvalue weighted by molar-refractivity contribution is 7.98. The molecule has 0 aliphatic heterocycles. The first-order valence-electron chi connectivity index (χ1n) is 10.7. The van der Waals surface area contributed by atoms with E-state index in [1.165, 1.54) is 0 Å². The van der Waals surface area contributed by atoms with Gasteiger partial charge in [0.25, 0.3) is 0 Å². The smallest absolute Gasteiger partial charge is 0.247 e. The summed E-state index contributed by atoms with van der Waals surface area (Å²) in [5.41, 5.74) is 3.48. The van der Waals surface area contributed by atoms with Crippen LogP contribution in [0.25, 0.3) is 11.0 Å². The highest BCUT2D eigenvalue weighted by atomic mass is 32.2. The number of hydrogen-bond donors (Lipinski definition) is 1. The molecule has 4 aromatic rings. The molecule has 0 saturated carbocycles. The Balaban J connectivity index is 1.62. The molecule has 0 fully saturated rings. The van der Waals surface area contributed by atoms with E-state index in [4.69, 9.17) is 14.5 Å². The first-order valence-corrected chi connectivity index (χ1v) is 11.6. The second-order valence-corrected chi connectivity index (χ2v) is 8.35. The summed E-state index contributed by atoms with van der Waals surface area (Å²) in [6.07, 6.45) is 4.09. The number of fused-ring (bicyclic) bond motifs is 1.